The van der Waals surface area contributed by atoms with Crippen molar-refractivity contribution in [3.63, 3.8) is 0 Å². The van der Waals surface area contributed by atoms with Gasteiger partial charge in [-0.1, -0.05) is 46.3 Å². The van der Waals surface area contributed by atoms with E-state index in [0.717, 1.165) is 5.56 Å². The lowest BCUT2D eigenvalue weighted by Gasteiger charge is -2.14. The molecule has 0 bridgehead atoms. The van der Waals surface area contributed by atoms with Crippen LogP contribution >= 0.6 is 15.9 Å². The van der Waals surface area contributed by atoms with E-state index in [1.54, 1.807) is 0 Å². The second kappa shape index (κ2) is 6.95. The minimum atomic E-state index is -0.777. The highest BCUT2D eigenvalue weighted by atomic mass is 79.9. The smallest absolute Gasteiger partial charge is 0.0917 e. The van der Waals surface area contributed by atoms with Gasteiger partial charge in [0, 0.05) is 0 Å². The summed E-state index contributed by atoms with van der Waals surface area (Å²) < 4.78 is 5.39. The van der Waals surface area contributed by atoms with E-state index in [4.69, 9.17) is 9.84 Å². The maximum Gasteiger partial charge on any atom is 0.0917 e. The number of alkyl halides is 1. The Balaban J connectivity index is 2.22. The van der Waals surface area contributed by atoms with Crippen molar-refractivity contribution in [2.45, 2.75) is 17.5 Å². The Labute approximate surface area is 97.8 Å². The van der Waals surface area contributed by atoms with Crippen molar-refractivity contribution in [3.8, 4) is 0 Å². The zero-order valence-electron chi connectivity index (χ0n) is 8.34. The second-order valence-corrected chi connectivity index (χ2v) is 4.44. The number of rotatable bonds is 6. The van der Waals surface area contributed by atoms with Crippen LogP contribution in [0.4, 0.5) is 0 Å². The van der Waals surface area contributed by atoms with E-state index >= 15 is 0 Å². The molecule has 0 saturated heterocycles. The zero-order valence-corrected chi connectivity index (χ0v) is 9.93. The van der Waals surface area contributed by atoms with Gasteiger partial charge < -0.3 is 14.9 Å². The minimum absolute atomic E-state index is 0.230. The maximum atomic E-state index is 9.25. The number of aliphatic hydroxyl groups excluding tert-OH is 2. The Morgan fingerprint density at radius 3 is 2.53 bits per heavy atom. The third kappa shape index (κ3) is 4.75. The van der Waals surface area contributed by atoms with Crippen LogP contribution in [0.2, 0.25) is 0 Å². The van der Waals surface area contributed by atoms with Gasteiger partial charge >= 0.3 is 0 Å². The van der Waals surface area contributed by atoms with Crippen molar-refractivity contribution >= 4 is 15.9 Å². The average Bonchev–Trinajstić information content (AvgIpc) is 2.29. The van der Waals surface area contributed by atoms with Gasteiger partial charge in [-0.3, -0.25) is 0 Å². The lowest BCUT2D eigenvalue weighted by Crippen LogP contribution is -2.28. The van der Waals surface area contributed by atoms with E-state index < -0.39 is 6.10 Å². The van der Waals surface area contributed by atoms with Crippen LogP contribution < -0.4 is 0 Å². The van der Waals surface area contributed by atoms with Crippen LogP contribution in [0.5, 0.6) is 0 Å². The van der Waals surface area contributed by atoms with Gasteiger partial charge in [0.2, 0.25) is 0 Å². The zero-order chi connectivity index (χ0) is 11.1. The topological polar surface area (TPSA) is 49.7 Å². The highest BCUT2D eigenvalue weighted by Gasteiger charge is 2.14. The molecule has 0 aliphatic heterocycles. The largest absolute Gasteiger partial charge is 0.394 e. The van der Waals surface area contributed by atoms with Gasteiger partial charge in [-0.15, -0.1) is 0 Å². The van der Waals surface area contributed by atoms with E-state index in [0.29, 0.717) is 13.2 Å². The van der Waals surface area contributed by atoms with Gasteiger partial charge in [0.05, 0.1) is 30.8 Å². The number of halogens is 1. The monoisotopic (exact) mass is 274 g/mol. The molecule has 0 unspecified atom stereocenters. The van der Waals surface area contributed by atoms with Crippen LogP contribution in [0.25, 0.3) is 0 Å². The van der Waals surface area contributed by atoms with E-state index in [9.17, 15) is 5.11 Å². The molecule has 3 nitrogen and oxygen atoms in total. The minimum Gasteiger partial charge on any atom is -0.394 e. The van der Waals surface area contributed by atoms with Crippen LogP contribution in [0, 0.1) is 0 Å². The summed E-state index contributed by atoms with van der Waals surface area (Å²) in [4.78, 5) is -0.230. The number of benzene rings is 1. The van der Waals surface area contributed by atoms with Gasteiger partial charge in [0.25, 0.3) is 0 Å². The summed E-state index contributed by atoms with van der Waals surface area (Å²) in [5, 5.41) is 17.9. The molecular weight excluding hydrogens is 260 g/mol. The Kier molecular flexibility index (Phi) is 5.86. The number of hydrogen-bond acceptors (Lipinski definition) is 3. The predicted molar refractivity (Wildman–Crippen MR) is 61.9 cm³/mol. The molecule has 0 fully saturated rings. The van der Waals surface area contributed by atoms with E-state index in [2.05, 4.69) is 15.9 Å². The lowest BCUT2D eigenvalue weighted by atomic mass is 10.2. The fourth-order valence-electron chi connectivity index (χ4n) is 1.09. The molecule has 0 radical (unpaired) electrons. The molecule has 0 amide bonds. The fraction of sp³-hybridized carbons (Fsp3) is 0.455. The first kappa shape index (κ1) is 12.6. The number of hydrogen-bond donors (Lipinski definition) is 2. The molecule has 0 saturated carbocycles. The van der Waals surface area contributed by atoms with Crippen LogP contribution in [-0.4, -0.2) is 34.4 Å². The summed E-state index contributed by atoms with van der Waals surface area (Å²) in [7, 11) is 0. The molecule has 0 aromatic heterocycles. The summed E-state index contributed by atoms with van der Waals surface area (Å²) in [5.41, 5.74) is 1.09. The molecular formula is C11H15BrO3. The summed E-state index contributed by atoms with van der Waals surface area (Å²) in [6.07, 6.45) is -0.777. The predicted octanol–water partition coefficient (Wildman–Crippen LogP) is 1.32. The highest BCUT2D eigenvalue weighted by molar-refractivity contribution is 9.09. The molecule has 4 heteroatoms. The normalized spacial score (nSPS) is 14.9. The Morgan fingerprint density at radius 2 is 1.93 bits per heavy atom. The van der Waals surface area contributed by atoms with Gasteiger partial charge in [0.1, 0.15) is 0 Å². The summed E-state index contributed by atoms with van der Waals surface area (Å²) >= 11 is 3.24. The Hall–Kier alpha value is -0.420. The number of ether oxygens (including phenoxy) is 1. The summed E-state index contributed by atoms with van der Waals surface area (Å²) in [6, 6.07) is 9.81. The van der Waals surface area contributed by atoms with Crippen molar-refractivity contribution in [1.29, 1.82) is 0 Å². The van der Waals surface area contributed by atoms with Crippen LogP contribution in [0.1, 0.15) is 5.56 Å². The van der Waals surface area contributed by atoms with E-state index in [1.807, 2.05) is 30.3 Å². The molecule has 2 N–H and O–H groups in total. The van der Waals surface area contributed by atoms with E-state index in [1.165, 1.54) is 0 Å². The molecule has 1 aromatic rings. The molecule has 0 spiro atoms. The molecule has 84 valence electrons. The first-order valence-corrected chi connectivity index (χ1v) is 5.70. The van der Waals surface area contributed by atoms with Gasteiger partial charge in [-0.05, 0) is 5.56 Å². The molecule has 1 aromatic carbocycles. The quantitative estimate of drug-likeness (QED) is 0.770. The van der Waals surface area contributed by atoms with Crippen molar-refractivity contribution in [2.24, 2.45) is 0 Å². The first-order chi connectivity index (χ1) is 7.24. The van der Waals surface area contributed by atoms with Crippen molar-refractivity contribution in [3.05, 3.63) is 35.9 Å². The molecule has 1 rings (SSSR count). The van der Waals surface area contributed by atoms with Crippen molar-refractivity contribution in [1.82, 2.24) is 0 Å². The first-order valence-electron chi connectivity index (χ1n) is 4.78. The maximum absolute atomic E-state index is 9.25. The SMILES string of the molecule is OC[C@@H](O)[C@H](Br)COCc1ccccc1. The Morgan fingerprint density at radius 1 is 1.27 bits per heavy atom. The van der Waals surface area contributed by atoms with Crippen LogP contribution in [0.15, 0.2) is 30.3 Å². The average molecular weight is 275 g/mol. The Bertz CT molecular complexity index is 266. The molecule has 0 aliphatic carbocycles. The number of aliphatic hydroxyl groups is 2. The second-order valence-electron chi connectivity index (χ2n) is 3.27. The summed E-state index contributed by atoms with van der Waals surface area (Å²) in [5.74, 6) is 0. The molecule has 0 heterocycles. The fourth-order valence-corrected chi connectivity index (χ4v) is 1.44. The standard InChI is InChI=1S/C11H15BrO3/c12-10(11(14)6-13)8-15-7-9-4-2-1-3-5-9/h1-5,10-11,13-14H,6-8H2/t10-,11-/m1/s1. The van der Waals surface area contributed by atoms with Crippen molar-refractivity contribution < 1.29 is 14.9 Å². The van der Waals surface area contributed by atoms with E-state index in [-0.39, 0.29) is 11.4 Å². The van der Waals surface area contributed by atoms with Crippen molar-refractivity contribution in [2.75, 3.05) is 13.2 Å². The third-order valence-electron chi connectivity index (χ3n) is 1.99. The van der Waals surface area contributed by atoms with Gasteiger partial charge in [-0.25, -0.2) is 0 Å². The lowest BCUT2D eigenvalue weighted by molar-refractivity contribution is 0.0513. The van der Waals surface area contributed by atoms with Crippen LogP contribution in [0.3, 0.4) is 0 Å². The molecule has 0 aliphatic rings. The highest BCUT2D eigenvalue weighted by Crippen LogP contribution is 2.08. The van der Waals surface area contributed by atoms with Crippen LogP contribution in [-0.2, 0) is 11.3 Å². The van der Waals surface area contributed by atoms with Gasteiger partial charge in [-0.2, -0.15) is 0 Å². The van der Waals surface area contributed by atoms with Gasteiger partial charge in [0.15, 0.2) is 0 Å². The molecule has 2 atom stereocenters. The summed E-state index contributed by atoms with van der Waals surface area (Å²) in [6.45, 7) is 0.627. The molecule has 15 heavy (non-hydrogen) atoms. The third-order valence-corrected chi connectivity index (χ3v) is 2.87.